The number of hydrogen-bond acceptors (Lipinski definition) is 6. The van der Waals surface area contributed by atoms with Gasteiger partial charge in [-0.15, -0.1) is 4.89 Å². The molecule has 1 aromatic heterocycles. The fraction of sp³-hybridized carbons (Fsp3) is 0.500. The van der Waals surface area contributed by atoms with Gasteiger partial charge in [0.15, 0.2) is 0 Å². The van der Waals surface area contributed by atoms with Gasteiger partial charge < -0.3 is 10.5 Å². The molecule has 0 saturated carbocycles. The Morgan fingerprint density at radius 2 is 2.43 bits per heavy atom. The highest BCUT2D eigenvalue weighted by Gasteiger charge is 2.36. The van der Waals surface area contributed by atoms with E-state index < -0.39 is 19.5 Å². The van der Waals surface area contributed by atoms with Gasteiger partial charge in [0, 0.05) is 17.2 Å². The Morgan fingerprint density at radius 1 is 1.67 bits per heavy atom. The molecule has 9 heteroatoms. The quantitative estimate of drug-likeness (QED) is 0.459. The zero-order valence-corrected chi connectivity index (χ0v) is 12.4. The van der Waals surface area contributed by atoms with Gasteiger partial charge in [-0.3, -0.25) is 4.57 Å². The molecule has 8 nitrogen and oxygen atoms in total. The molecule has 114 valence electrons. The van der Waals surface area contributed by atoms with Crippen LogP contribution in [0.1, 0.15) is 25.8 Å². The van der Waals surface area contributed by atoms with Crippen LogP contribution in [-0.2, 0) is 13.8 Å². The Bertz CT molecular complexity index is 617. The first-order valence-corrected chi connectivity index (χ1v) is 7.56. The molecular weight excluding hydrogens is 297 g/mol. The first-order valence-electron chi connectivity index (χ1n) is 6.43. The van der Waals surface area contributed by atoms with Crippen LogP contribution in [0.15, 0.2) is 29.2 Å². The Hall–Kier alpha value is -1.60. The minimum atomic E-state index is -2.69. The number of anilines is 1. The van der Waals surface area contributed by atoms with E-state index in [2.05, 4.69) is 9.51 Å². The van der Waals surface area contributed by atoms with Crippen molar-refractivity contribution in [2.75, 3.05) is 12.5 Å². The van der Waals surface area contributed by atoms with Crippen LogP contribution in [0.3, 0.4) is 0 Å². The van der Waals surface area contributed by atoms with E-state index in [0.717, 1.165) is 0 Å². The summed E-state index contributed by atoms with van der Waals surface area (Å²) in [6.45, 7) is 1.64. The van der Waals surface area contributed by atoms with Gasteiger partial charge in [0.05, 0.1) is 11.6 Å². The average Bonchev–Trinajstić information content (AvgIpc) is 2.83. The maximum Gasteiger partial charge on any atom is 0.697 e. The fourth-order valence-electron chi connectivity index (χ4n) is 2.31. The maximum absolute atomic E-state index is 11.8. The summed E-state index contributed by atoms with van der Waals surface area (Å²) < 4.78 is 22.0. The number of aromatic nitrogens is 2. The molecule has 1 aliphatic carbocycles. The third kappa shape index (κ3) is 3.74. The minimum Gasteiger partial charge on any atom is -0.383 e. The second-order valence-corrected chi connectivity index (χ2v) is 5.45. The number of rotatable bonds is 6. The molecule has 0 aromatic carbocycles. The van der Waals surface area contributed by atoms with Gasteiger partial charge in [0.1, 0.15) is 5.82 Å². The van der Waals surface area contributed by atoms with Crippen LogP contribution in [0.25, 0.3) is 0 Å². The zero-order chi connectivity index (χ0) is 15.5. The summed E-state index contributed by atoms with van der Waals surface area (Å²) in [6.07, 6.45) is 6.44. The second-order valence-electron chi connectivity index (χ2n) is 4.72. The molecule has 1 heterocycles. The van der Waals surface area contributed by atoms with Gasteiger partial charge in [0.25, 0.3) is 0 Å². The van der Waals surface area contributed by atoms with E-state index in [0.29, 0.717) is 12.8 Å². The van der Waals surface area contributed by atoms with Crippen LogP contribution in [0, 0.1) is 0 Å². The average molecular weight is 314 g/mol. The lowest BCUT2D eigenvalue weighted by Gasteiger charge is -2.26. The predicted molar refractivity (Wildman–Crippen MR) is 75.6 cm³/mol. The number of ether oxygens (including phenoxy) is 1. The van der Waals surface area contributed by atoms with Crippen molar-refractivity contribution in [2.24, 2.45) is 0 Å². The van der Waals surface area contributed by atoms with Crippen LogP contribution in [0.4, 0.5) is 5.82 Å². The highest BCUT2D eigenvalue weighted by molar-refractivity contribution is 7.32. The molecule has 3 atom stereocenters. The number of nitrogens with zero attached hydrogens (tertiary/aromatic N) is 2. The normalized spacial score (nSPS) is 25.2. The van der Waals surface area contributed by atoms with Gasteiger partial charge in [-0.2, -0.15) is 4.98 Å². The van der Waals surface area contributed by atoms with Crippen molar-refractivity contribution in [1.29, 1.82) is 0 Å². The van der Waals surface area contributed by atoms with Gasteiger partial charge in [0.2, 0.25) is 6.79 Å². The number of nitrogens with two attached hydrogens (primary N) is 1. The van der Waals surface area contributed by atoms with Crippen LogP contribution in [0.5, 0.6) is 0 Å². The SMILES string of the molecule is CC[C@@]1(OCO[P+](=O)O)C=C[C@H](n2ccc(N)nc2=O)C1. The summed E-state index contributed by atoms with van der Waals surface area (Å²) in [7, 11) is -2.69. The molecule has 3 N–H and O–H groups in total. The van der Waals surface area contributed by atoms with Crippen molar-refractivity contribution >= 4 is 14.1 Å². The van der Waals surface area contributed by atoms with E-state index in [-0.39, 0.29) is 18.7 Å². The summed E-state index contributed by atoms with van der Waals surface area (Å²) in [5, 5.41) is 0. The molecule has 2 rings (SSSR count). The molecule has 0 radical (unpaired) electrons. The number of hydrogen-bond donors (Lipinski definition) is 2. The van der Waals surface area contributed by atoms with Crippen LogP contribution in [-0.4, -0.2) is 26.8 Å². The van der Waals surface area contributed by atoms with Gasteiger partial charge >= 0.3 is 13.9 Å². The molecule has 1 unspecified atom stereocenters. The van der Waals surface area contributed by atoms with Gasteiger partial charge in [-0.05, 0) is 12.5 Å². The Morgan fingerprint density at radius 3 is 3.05 bits per heavy atom. The Balaban J connectivity index is 2.09. The Kier molecular flexibility index (Phi) is 4.84. The molecule has 0 aliphatic heterocycles. The Labute approximate surface area is 122 Å². The van der Waals surface area contributed by atoms with Gasteiger partial charge in [-0.1, -0.05) is 23.6 Å². The summed E-state index contributed by atoms with van der Waals surface area (Å²) in [5.74, 6) is 0.177. The van der Waals surface area contributed by atoms with E-state index in [1.807, 2.05) is 19.1 Å². The van der Waals surface area contributed by atoms with E-state index in [9.17, 15) is 9.36 Å². The van der Waals surface area contributed by atoms with E-state index in [1.54, 1.807) is 12.3 Å². The number of allylic oxidation sites excluding steroid dienone is 1. The molecule has 0 saturated heterocycles. The monoisotopic (exact) mass is 314 g/mol. The fourth-order valence-corrected chi connectivity index (χ4v) is 2.45. The van der Waals surface area contributed by atoms with E-state index >= 15 is 0 Å². The first kappa shape index (κ1) is 15.8. The molecule has 0 bridgehead atoms. The van der Waals surface area contributed by atoms with Crippen molar-refractivity contribution in [2.45, 2.75) is 31.4 Å². The van der Waals surface area contributed by atoms with Crippen molar-refractivity contribution in [1.82, 2.24) is 9.55 Å². The summed E-state index contributed by atoms with van der Waals surface area (Å²) in [4.78, 5) is 24.1. The van der Waals surface area contributed by atoms with E-state index in [4.69, 9.17) is 15.4 Å². The lowest BCUT2D eigenvalue weighted by molar-refractivity contribution is -0.0841. The highest BCUT2D eigenvalue weighted by atomic mass is 31.1. The second kappa shape index (κ2) is 6.44. The summed E-state index contributed by atoms with van der Waals surface area (Å²) >= 11 is 0. The van der Waals surface area contributed by atoms with Crippen LogP contribution in [0.2, 0.25) is 0 Å². The molecule has 0 amide bonds. The standard InChI is InChI=1S/C12H16N3O5P/c1-2-12(19-8-20-21(17)18)5-3-9(7-12)15-6-4-10(13)14-11(15)16/h3-6,9H,2,7-8H2,1H3,(H2-,13,14,16,17,18)/p+1/t9-,12+/m0/s1. The largest absolute Gasteiger partial charge is 0.697 e. The molecule has 1 aromatic rings. The lowest BCUT2D eigenvalue weighted by Crippen LogP contribution is -2.32. The zero-order valence-electron chi connectivity index (χ0n) is 11.5. The highest BCUT2D eigenvalue weighted by Crippen LogP contribution is 2.36. The topological polar surface area (TPSA) is 117 Å². The minimum absolute atomic E-state index is 0.177. The van der Waals surface area contributed by atoms with Crippen molar-refractivity contribution < 1.29 is 18.7 Å². The van der Waals surface area contributed by atoms with E-state index in [1.165, 1.54) is 4.57 Å². The van der Waals surface area contributed by atoms with Crippen molar-refractivity contribution in [3.8, 4) is 0 Å². The summed E-state index contributed by atoms with van der Waals surface area (Å²) in [6, 6.07) is 1.36. The van der Waals surface area contributed by atoms with Crippen LogP contribution < -0.4 is 11.4 Å². The molecular formula is C12H17N3O5P+. The van der Waals surface area contributed by atoms with Crippen LogP contribution >= 0.6 is 8.25 Å². The molecule has 0 spiro atoms. The van der Waals surface area contributed by atoms with Gasteiger partial charge in [-0.25, -0.2) is 4.79 Å². The molecule has 1 aliphatic rings. The van der Waals surface area contributed by atoms with Crippen molar-refractivity contribution in [3.05, 3.63) is 34.9 Å². The predicted octanol–water partition coefficient (Wildman–Crippen LogP) is 1.12. The third-order valence-corrected chi connectivity index (χ3v) is 3.82. The lowest BCUT2D eigenvalue weighted by atomic mass is 9.99. The first-order chi connectivity index (χ1) is 9.96. The smallest absolute Gasteiger partial charge is 0.383 e. The maximum atomic E-state index is 11.8. The number of nitrogen functional groups attached to an aromatic ring is 1. The van der Waals surface area contributed by atoms with Crippen molar-refractivity contribution in [3.63, 3.8) is 0 Å². The third-order valence-electron chi connectivity index (χ3n) is 3.49. The molecule has 21 heavy (non-hydrogen) atoms. The summed E-state index contributed by atoms with van der Waals surface area (Å²) in [5.41, 5.74) is 4.41. The molecule has 0 fully saturated rings.